The Balaban J connectivity index is 6.12. The number of carbonyl (C=O) groups is 8. The molecule has 0 radical (unpaired) electrons. The van der Waals surface area contributed by atoms with E-state index in [0.29, 0.717) is 0 Å². The topological polar surface area (TPSA) is 264 Å². The van der Waals surface area contributed by atoms with Crippen LogP contribution in [0.3, 0.4) is 0 Å². The molecule has 280 valence electrons. The minimum Gasteiger partial charge on any atom is -0.460 e. The first-order valence-corrected chi connectivity index (χ1v) is 16.0. The number of esters is 3. The number of carbonyl (C=O) groups excluding carboxylic acids is 8. The molecule has 0 aliphatic heterocycles. The maximum absolute atomic E-state index is 13.6. The number of nitrogens with two attached hydrogens (primary N) is 2. The van der Waals surface area contributed by atoms with Gasteiger partial charge in [-0.2, -0.15) is 0 Å². The van der Waals surface area contributed by atoms with Crippen LogP contribution in [0.4, 0.5) is 0 Å². The fourth-order valence-electron chi connectivity index (χ4n) is 3.96. The van der Waals surface area contributed by atoms with Crippen molar-refractivity contribution in [1.82, 2.24) is 21.3 Å². The SMILES string of the molecule is CC(C)[C@H](NC(=O)[C@H](CCC(=O)OC(C)(C)C)NC(=O)[C@@H](N)CC(=O)OC(C)(C)C)C(=O)N[C@@H](CC(=O)OC(C)(C)C)C(=O)NCC(N)=O. The lowest BCUT2D eigenvalue weighted by molar-refractivity contribution is -0.157. The van der Waals surface area contributed by atoms with Crippen LogP contribution in [0.25, 0.3) is 0 Å². The van der Waals surface area contributed by atoms with Gasteiger partial charge >= 0.3 is 17.9 Å². The van der Waals surface area contributed by atoms with Gasteiger partial charge in [-0.1, -0.05) is 13.8 Å². The molecule has 0 aromatic carbocycles. The molecule has 49 heavy (non-hydrogen) atoms. The van der Waals surface area contributed by atoms with Crippen LogP contribution in [-0.2, 0) is 52.6 Å². The van der Waals surface area contributed by atoms with E-state index in [9.17, 15) is 38.4 Å². The Morgan fingerprint density at radius 1 is 0.592 bits per heavy atom. The molecule has 0 unspecified atom stereocenters. The van der Waals surface area contributed by atoms with Gasteiger partial charge in [0.2, 0.25) is 29.5 Å². The largest absolute Gasteiger partial charge is 0.460 e. The van der Waals surface area contributed by atoms with Gasteiger partial charge in [0, 0.05) is 6.42 Å². The summed E-state index contributed by atoms with van der Waals surface area (Å²) in [5, 5.41) is 9.58. The highest BCUT2D eigenvalue weighted by atomic mass is 16.6. The molecule has 0 aromatic rings. The van der Waals surface area contributed by atoms with Crippen LogP contribution in [0.1, 0.15) is 102 Å². The summed E-state index contributed by atoms with van der Waals surface area (Å²) in [6, 6.07) is -5.68. The van der Waals surface area contributed by atoms with E-state index in [4.69, 9.17) is 25.7 Å². The second-order valence-electron chi connectivity index (χ2n) is 14.8. The van der Waals surface area contributed by atoms with Gasteiger partial charge in [-0.25, -0.2) is 0 Å². The van der Waals surface area contributed by atoms with Gasteiger partial charge < -0.3 is 46.9 Å². The Morgan fingerprint density at radius 3 is 1.49 bits per heavy atom. The molecular weight excluding hydrogens is 644 g/mol. The number of hydrogen-bond donors (Lipinski definition) is 6. The summed E-state index contributed by atoms with van der Waals surface area (Å²) in [4.78, 5) is 101. The Kier molecular flexibility index (Phi) is 17.4. The van der Waals surface area contributed by atoms with Crippen molar-refractivity contribution in [3.05, 3.63) is 0 Å². The van der Waals surface area contributed by atoms with Crippen molar-refractivity contribution < 1.29 is 52.6 Å². The summed E-state index contributed by atoms with van der Waals surface area (Å²) >= 11 is 0. The van der Waals surface area contributed by atoms with Crippen molar-refractivity contribution in [3.63, 3.8) is 0 Å². The summed E-state index contributed by atoms with van der Waals surface area (Å²) in [5.41, 5.74) is 8.46. The van der Waals surface area contributed by atoms with E-state index in [2.05, 4.69) is 21.3 Å². The van der Waals surface area contributed by atoms with Crippen LogP contribution in [0, 0.1) is 5.92 Å². The lowest BCUT2D eigenvalue weighted by Crippen LogP contribution is -2.59. The maximum atomic E-state index is 13.6. The number of amides is 5. The van der Waals surface area contributed by atoms with Crippen molar-refractivity contribution in [1.29, 1.82) is 0 Å². The summed E-state index contributed by atoms with van der Waals surface area (Å²) in [6.45, 7) is 17.3. The molecule has 0 saturated carbocycles. The Bertz CT molecular complexity index is 1220. The smallest absolute Gasteiger partial charge is 0.308 e. The quantitative estimate of drug-likeness (QED) is 0.0837. The lowest BCUT2D eigenvalue weighted by Gasteiger charge is -2.28. The first kappa shape index (κ1) is 44.7. The second kappa shape index (κ2) is 19.0. The van der Waals surface area contributed by atoms with Gasteiger partial charge in [0.15, 0.2) is 0 Å². The van der Waals surface area contributed by atoms with Gasteiger partial charge in [0.25, 0.3) is 0 Å². The van der Waals surface area contributed by atoms with Crippen LogP contribution in [0.15, 0.2) is 0 Å². The number of primary amides is 1. The highest BCUT2D eigenvalue weighted by Crippen LogP contribution is 2.14. The molecule has 0 aliphatic carbocycles. The highest BCUT2D eigenvalue weighted by molar-refractivity contribution is 5.97. The first-order valence-electron chi connectivity index (χ1n) is 16.0. The fourth-order valence-corrected chi connectivity index (χ4v) is 3.96. The van der Waals surface area contributed by atoms with E-state index in [0.717, 1.165) is 0 Å². The Morgan fingerprint density at radius 2 is 1.04 bits per heavy atom. The maximum Gasteiger partial charge on any atom is 0.308 e. The molecule has 5 amide bonds. The Labute approximate surface area is 288 Å². The van der Waals surface area contributed by atoms with Crippen LogP contribution >= 0.6 is 0 Å². The van der Waals surface area contributed by atoms with Crippen molar-refractivity contribution in [2.24, 2.45) is 17.4 Å². The predicted octanol–water partition coefficient (Wildman–Crippen LogP) is -0.389. The van der Waals surface area contributed by atoms with Crippen molar-refractivity contribution in [2.45, 2.75) is 143 Å². The zero-order chi connectivity index (χ0) is 38.5. The van der Waals surface area contributed by atoms with E-state index < -0.39 is 114 Å². The zero-order valence-corrected chi connectivity index (χ0v) is 30.6. The summed E-state index contributed by atoms with van der Waals surface area (Å²) < 4.78 is 15.8. The van der Waals surface area contributed by atoms with Gasteiger partial charge in [0.05, 0.1) is 25.4 Å². The summed E-state index contributed by atoms with van der Waals surface area (Å²) in [7, 11) is 0. The molecule has 0 spiro atoms. The van der Waals surface area contributed by atoms with Crippen LogP contribution in [0.2, 0.25) is 0 Å². The normalized spacial score (nSPS) is 14.3. The minimum atomic E-state index is -1.52. The Hall–Kier alpha value is -4.28. The lowest BCUT2D eigenvalue weighted by atomic mass is 10.0. The van der Waals surface area contributed by atoms with E-state index in [1.807, 2.05) is 0 Å². The molecule has 0 saturated heterocycles. The molecule has 8 N–H and O–H groups in total. The molecule has 0 fully saturated rings. The molecule has 0 bridgehead atoms. The van der Waals surface area contributed by atoms with Crippen LogP contribution < -0.4 is 32.7 Å². The third kappa shape index (κ3) is 20.6. The van der Waals surface area contributed by atoms with Crippen LogP contribution in [0.5, 0.6) is 0 Å². The number of rotatable bonds is 17. The molecule has 4 atom stereocenters. The summed E-state index contributed by atoms with van der Waals surface area (Å²) in [6.07, 6.45) is -1.70. The molecule has 0 aliphatic rings. The minimum absolute atomic E-state index is 0.269. The van der Waals surface area contributed by atoms with E-state index in [-0.39, 0.29) is 12.8 Å². The van der Waals surface area contributed by atoms with Crippen molar-refractivity contribution in [3.8, 4) is 0 Å². The standard InChI is InChI=1S/C32H56N6O11/c1-17(2)25(29(46)37-20(27(44)35-16-21(34)39)15-24(42)49-32(9,10)11)38-28(45)19(12-13-22(40)47-30(3,4)5)36-26(43)18(33)14-23(41)48-31(6,7)8/h17-20,25H,12-16,33H2,1-11H3,(H2,34,39)(H,35,44)(H,36,43)(H,37,46)(H,38,45)/t18-,19-,20-,25-/m0/s1. The third-order valence-corrected chi connectivity index (χ3v) is 5.94. The molecule has 17 heteroatoms. The van der Waals surface area contributed by atoms with Gasteiger partial charge in [-0.3, -0.25) is 38.4 Å². The summed E-state index contributed by atoms with van der Waals surface area (Å²) in [5.74, 6) is -7.29. The van der Waals surface area contributed by atoms with E-state index in [1.165, 1.54) is 0 Å². The molecule has 0 heterocycles. The van der Waals surface area contributed by atoms with Gasteiger partial charge in [-0.15, -0.1) is 0 Å². The molecule has 0 rings (SSSR count). The van der Waals surface area contributed by atoms with Crippen molar-refractivity contribution >= 4 is 47.4 Å². The van der Waals surface area contributed by atoms with Crippen LogP contribution in [-0.4, -0.2) is 95.0 Å². The average molecular weight is 701 g/mol. The van der Waals surface area contributed by atoms with Crippen molar-refractivity contribution in [2.75, 3.05) is 6.54 Å². The third-order valence-electron chi connectivity index (χ3n) is 5.94. The van der Waals surface area contributed by atoms with E-state index in [1.54, 1.807) is 76.2 Å². The average Bonchev–Trinajstić information content (AvgIpc) is 2.88. The van der Waals surface area contributed by atoms with Gasteiger partial charge in [0.1, 0.15) is 34.9 Å². The monoisotopic (exact) mass is 700 g/mol. The fraction of sp³-hybridized carbons (Fsp3) is 0.750. The molecule has 0 aromatic heterocycles. The van der Waals surface area contributed by atoms with Gasteiger partial charge in [-0.05, 0) is 74.7 Å². The second-order valence-corrected chi connectivity index (χ2v) is 14.8. The molecular formula is C32H56N6O11. The number of nitrogens with one attached hydrogen (secondary N) is 4. The highest BCUT2D eigenvalue weighted by Gasteiger charge is 2.34. The van der Waals surface area contributed by atoms with E-state index >= 15 is 0 Å². The first-order chi connectivity index (χ1) is 22.1. The number of ether oxygens (including phenoxy) is 3. The predicted molar refractivity (Wildman–Crippen MR) is 177 cm³/mol. The number of hydrogen-bond acceptors (Lipinski definition) is 12. The zero-order valence-electron chi connectivity index (χ0n) is 30.6. The molecule has 17 nitrogen and oxygen atoms in total.